The fourth-order valence-electron chi connectivity index (χ4n) is 2.04. The molecule has 0 fully saturated rings. The van der Waals surface area contributed by atoms with E-state index in [0.717, 1.165) is 16.9 Å². The first-order valence-electron chi connectivity index (χ1n) is 7.52. The van der Waals surface area contributed by atoms with Gasteiger partial charge >= 0.3 is 0 Å². The van der Waals surface area contributed by atoms with E-state index in [4.69, 9.17) is 4.74 Å². The molecule has 0 aliphatic heterocycles. The van der Waals surface area contributed by atoms with Gasteiger partial charge in [0.05, 0.1) is 11.9 Å². The first-order valence-corrected chi connectivity index (χ1v) is 7.52. The number of aryl methyl sites for hydroxylation is 1. The summed E-state index contributed by atoms with van der Waals surface area (Å²) >= 11 is 0. The monoisotopic (exact) mass is 311 g/mol. The van der Waals surface area contributed by atoms with Crippen LogP contribution in [0.4, 0.5) is 0 Å². The molecule has 0 aliphatic carbocycles. The first kappa shape index (κ1) is 16.7. The van der Waals surface area contributed by atoms with Crippen molar-refractivity contribution in [3.63, 3.8) is 0 Å². The molecule has 0 unspecified atom stereocenters. The van der Waals surface area contributed by atoms with Crippen LogP contribution >= 0.6 is 0 Å². The quantitative estimate of drug-likeness (QED) is 0.659. The Morgan fingerprint density at radius 2 is 2.17 bits per heavy atom. The number of nitrogens with zero attached hydrogens (tertiary/aromatic N) is 2. The second-order valence-corrected chi connectivity index (χ2v) is 5.53. The molecule has 0 bridgehead atoms. The minimum Gasteiger partial charge on any atom is -0.483 e. The summed E-state index contributed by atoms with van der Waals surface area (Å²) in [6, 6.07) is 11.5. The van der Waals surface area contributed by atoms with Crippen molar-refractivity contribution in [2.24, 2.45) is 5.10 Å². The highest BCUT2D eigenvalue weighted by Crippen LogP contribution is 2.27. The van der Waals surface area contributed by atoms with Crippen molar-refractivity contribution in [2.45, 2.75) is 26.7 Å². The van der Waals surface area contributed by atoms with Crippen molar-refractivity contribution in [3.05, 3.63) is 59.4 Å². The lowest BCUT2D eigenvalue weighted by Gasteiger charge is -2.14. The summed E-state index contributed by atoms with van der Waals surface area (Å²) in [5.41, 5.74) is 5.28. The third-order valence-corrected chi connectivity index (χ3v) is 3.22. The second-order valence-electron chi connectivity index (χ2n) is 5.53. The number of benzene rings is 1. The third kappa shape index (κ3) is 5.21. The van der Waals surface area contributed by atoms with Crippen molar-refractivity contribution in [3.8, 4) is 5.75 Å². The van der Waals surface area contributed by atoms with Gasteiger partial charge in [0.15, 0.2) is 6.61 Å². The second kappa shape index (κ2) is 8.08. The highest BCUT2D eigenvalue weighted by atomic mass is 16.5. The van der Waals surface area contributed by atoms with Gasteiger partial charge in [-0.1, -0.05) is 32.0 Å². The smallest absolute Gasteiger partial charge is 0.277 e. The summed E-state index contributed by atoms with van der Waals surface area (Å²) in [7, 11) is 0. The summed E-state index contributed by atoms with van der Waals surface area (Å²) in [4.78, 5) is 15.9. The van der Waals surface area contributed by atoms with E-state index in [1.54, 1.807) is 12.3 Å². The maximum Gasteiger partial charge on any atom is 0.277 e. The van der Waals surface area contributed by atoms with Crippen LogP contribution < -0.4 is 10.2 Å². The molecule has 5 heteroatoms. The zero-order valence-electron chi connectivity index (χ0n) is 13.6. The molecule has 2 aromatic rings. The van der Waals surface area contributed by atoms with Gasteiger partial charge in [-0.3, -0.25) is 9.78 Å². The molecule has 0 radical (unpaired) electrons. The molecule has 23 heavy (non-hydrogen) atoms. The molecule has 1 N–H and O–H groups in total. The lowest BCUT2D eigenvalue weighted by atomic mass is 10.0. The normalized spacial score (nSPS) is 11.0. The number of rotatable bonds is 6. The molecule has 0 atom stereocenters. The van der Waals surface area contributed by atoms with Gasteiger partial charge in [-0.05, 0) is 42.2 Å². The van der Waals surface area contributed by atoms with Crippen LogP contribution in [0.1, 0.15) is 36.6 Å². The number of nitrogens with one attached hydrogen (secondary N) is 1. The molecule has 1 amide bonds. The number of aromatic nitrogens is 1. The minimum atomic E-state index is -0.312. The molecular formula is C18H21N3O2. The van der Waals surface area contributed by atoms with E-state index in [9.17, 15) is 4.79 Å². The molecule has 2 rings (SSSR count). The fourth-order valence-corrected chi connectivity index (χ4v) is 2.04. The van der Waals surface area contributed by atoms with Crippen LogP contribution in [-0.2, 0) is 4.79 Å². The Hall–Kier alpha value is -2.69. The molecule has 0 saturated heterocycles. The Morgan fingerprint density at radius 1 is 1.35 bits per heavy atom. The molecule has 0 saturated carbocycles. The SMILES string of the molecule is Cc1ccc(C(C)C)c(OCC(=O)N/N=C\c2ccccn2)c1. The summed E-state index contributed by atoms with van der Waals surface area (Å²) in [5, 5.41) is 3.86. The van der Waals surface area contributed by atoms with Crippen LogP contribution in [0.15, 0.2) is 47.7 Å². The highest BCUT2D eigenvalue weighted by Gasteiger charge is 2.09. The molecule has 1 aromatic carbocycles. The van der Waals surface area contributed by atoms with Gasteiger partial charge in [0, 0.05) is 6.20 Å². The molecule has 1 heterocycles. The maximum absolute atomic E-state index is 11.8. The zero-order valence-corrected chi connectivity index (χ0v) is 13.6. The van der Waals surface area contributed by atoms with Crippen LogP contribution in [-0.4, -0.2) is 23.7 Å². The molecule has 5 nitrogen and oxygen atoms in total. The number of ether oxygens (including phenoxy) is 1. The third-order valence-electron chi connectivity index (χ3n) is 3.22. The van der Waals surface area contributed by atoms with Crippen molar-refractivity contribution in [2.75, 3.05) is 6.61 Å². The number of hydrogen-bond donors (Lipinski definition) is 1. The van der Waals surface area contributed by atoms with Gasteiger partial charge in [-0.15, -0.1) is 0 Å². The molecular weight excluding hydrogens is 290 g/mol. The summed E-state index contributed by atoms with van der Waals surface area (Å²) in [5.74, 6) is 0.757. The first-order chi connectivity index (χ1) is 11.1. The molecule has 0 aliphatic rings. The fraction of sp³-hybridized carbons (Fsp3) is 0.278. The Balaban J connectivity index is 1.90. The standard InChI is InChI=1S/C18H21N3O2/c1-13(2)16-8-7-14(3)10-17(16)23-12-18(22)21-20-11-15-6-4-5-9-19-15/h4-11,13H,12H2,1-3H3,(H,21,22)/b20-11-. The predicted molar refractivity (Wildman–Crippen MR) is 90.7 cm³/mol. The largest absolute Gasteiger partial charge is 0.483 e. The summed E-state index contributed by atoms with van der Waals surface area (Å²) < 4.78 is 5.64. The topological polar surface area (TPSA) is 63.6 Å². The van der Waals surface area contributed by atoms with Crippen LogP contribution in [0.2, 0.25) is 0 Å². The number of pyridine rings is 1. The van der Waals surface area contributed by atoms with Crippen molar-refractivity contribution in [1.82, 2.24) is 10.4 Å². The van der Waals surface area contributed by atoms with Crippen molar-refractivity contribution < 1.29 is 9.53 Å². The van der Waals surface area contributed by atoms with Crippen molar-refractivity contribution in [1.29, 1.82) is 0 Å². The van der Waals surface area contributed by atoms with Gasteiger partial charge < -0.3 is 4.74 Å². The van der Waals surface area contributed by atoms with Gasteiger partial charge in [0.1, 0.15) is 5.75 Å². The van der Waals surface area contributed by atoms with E-state index in [0.29, 0.717) is 11.6 Å². The highest BCUT2D eigenvalue weighted by molar-refractivity contribution is 5.81. The van der Waals surface area contributed by atoms with Crippen LogP contribution in [0.25, 0.3) is 0 Å². The number of carbonyl (C=O) groups excluding carboxylic acids is 1. The Kier molecular flexibility index (Phi) is 5.86. The molecule has 0 spiro atoms. The minimum absolute atomic E-state index is 0.0806. The summed E-state index contributed by atoms with van der Waals surface area (Å²) in [6.07, 6.45) is 3.15. The van der Waals surface area contributed by atoms with Gasteiger partial charge in [0.25, 0.3) is 5.91 Å². The predicted octanol–water partition coefficient (Wildman–Crippen LogP) is 3.04. The molecule has 120 valence electrons. The lowest BCUT2D eigenvalue weighted by molar-refractivity contribution is -0.123. The van der Waals surface area contributed by atoms with E-state index >= 15 is 0 Å². The number of amides is 1. The van der Waals surface area contributed by atoms with Crippen LogP contribution in [0.3, 0.4) is 0 Å². The lowest BCUT2D eigenvalue weighted by Crippen LogP contribution is -2.25. The Labute approximate surface area is 136 Å². The Morgan fingerprint density at radius 3 is 2.87 bits per heavy atom. The average Bonchev–Trinajstić information content (AvgIpc) is 2.53. The van der Waals surface area contributed by atoms with Gasteiger partial charge in [-0.2, -0.15) is 5.10 Å². The Bertz CT molecular complexity index is 682. The molecule has 1 aromatic heterocycles. The van der Waals surface area contributed by atoms with Crippen LogP contribution in [0.5, 0.6) is 5.75 Å². The number of hydrazone groups is 1. The van der Waals surface area contributed by atoms with E-state index in [2.05, 4.69) is 29.4 Å². The van der Waals surface area contributed by atoms with Crippen molar-refractivity contribution >= 4 is 12.1 Å². The van der Waals surface area contributed by atoms with E-state index in [1.807, 2.05) is 37.3 Å². The maximum atomic E-state index is 11.8. The van der Waals surface area contributed by atoms with Gasteiger partial charge in [0.2, 0.25) is 0 Å². The number of carbonyl (C=O) groups is 1. The van der Waals surface area contributed by atoms with E-state index in [-0.39, 0.29) is 12.5 Å². The van der Waals surface area contributed by atoms with E-state index < -0.39 is 0 Å². The van der Waals surface area contributed by atoms with E-state index in [1.165, 1.54) is 6.21 Å². The summed E-state index contributed by atoms with van der Waals surface area (Å²) in [6.45, 7) is 6.10. The van der Waals surface area contributed by atoms with Gasteiger partial charge in [-0.25, -0.2) is 5.43 Å². The average molecular weight is 311 g/mol. The number of hydrogen-bond acceptors (Lipinski definition) is 4. The zero-order chi connectivity index (χ0) is 16.7. The van der Waals surface area contributed by atoms with Crippen LogP contribution in [0, 0.1) is 6.92 Å².